The third kappa shape index (κ3) is 4.77. The summed E-state index contributed by atoms with van der Waals surface area (Å²) in [7, 11) is 0. The zero-order valence-corrected chi connectivity index (χ0v) is 15.1. The normalized spacial score (nSPS) is 20.0. The molecule has 0 aromatic carbocycles. The summed E-state index contributed by atoms with van der Waals surface area (Å²) in [5.74, 6) is -0.416. The molecule has 1 aliphatic rings. The molecule has 2 aromatic heterocycles. The minimum Gasteiger partial charge on any atom is -0.460 e. The van der Waals surface area contributed by atoms with Crippen molar-refractivity contribution in [2.24, 2.45) is 0 Å². The summed E-state index contributed by atoms with van der Waals surface area (Å²) in [5, 5.41) is 10.2. The van der Waals surface area contributed by atoms with Crippen LogP contribution in [0.3, 0.4) is 0 Å². The van der Waals surface area contributed by atoms with E-state index in [-0.39, 0.29) is 24.1 Å². The lowest BCUT2D eigenvalue weighted by molar-refractivity contribution is -0.122. The average Bonchev–Trinajstić information content (AvgIpc) is 2.95. The van der Waals surface area contributed by atoms with E-state index in [9.17, 15) is 9.18 Å². The number of carbonyl (C=O) groups is 1. The van der Waals surface area contributed by atoms with Crippen molar-refractivity contribution in [3.63, 3.8) is 0 Å². The van der Waals surface area contributed by atoms with Gasteiger partial charge >= 0.3 is 6.01 Å². The maximum atomic E-state index is 12.8. The van der Waals surface area contributed by atoms with Crippen LogP contribution in [0, 0.1) is 19.7 Å². The lowest BCUT2D eigenvalue weighted by atomic mass is 9.93. The Kier molecular flexibility index (Phi) is 5.80. The molecule has 140 valence electrons. The second kappa shape index (κ2) is 8.25. The molecule has 2 aromatic rings. The SMILES string of the molecule is Cc1n[nH]c(C)c1CCC(=O)NC1CCC(Oc2ncc(F)cn2)CC1. The molecule has 0 atom stereocenters. The van der Waals surface area contributed by atoms with Crippen LogP contribution in [0.1, 0.15) is 49.1 Å². The van der Waals surface area contributed by atoms with E-state index in [2.05, 4.69) is 25.5 Å². The number of carbonyl (C=O) groups excluding carboxylic acids is 1. The van der Waals surface area contributed by atoms with Crippen molar-refractivity contribution in [3.05, 3.63) is 35.2 Å². The second-order valence-corrected chi connectivity index (χ2v) is 6.76. The van der Waals surface area contributed by atoms with E-state index in [1.807, 2.05) is 13.8 Å². The minimum atomic E-state index is -0.482. The number of hydrogen-bond acceptors (Lipinski definition) is 5. The number of ether oxygens (including phenoxy) is 1. The summed E-state index contributed by atoms with van der Waals surface area (Å²) in [5.41, 5.74) is 3.10. The first-order valence-corrected chi connectivity index (χ1v) is 8.95. The molecule has 0 unspecified atom stereocenters. The van der Waals surface area contributed by atoms with Gasteiger partial charge in [0.15, 0.2) is 5.82 Å². The number of aromatic nitrogens is 4. The Morgan fingerprint density at radius 1 is 1.27 bits per heavy atom. The first kappa shape index (κ1) is 18.3. The molecule has 8 heteroatoms. The Hall–Kier alpha value is -2.51. The van der Waals surface area contributed by atoms with E-state index >= 15 is 0 Å². The highest BCUT2D eigenvalue weighted by atomic mass is 19.1. The Morgan fingerprint density at radius 3 is 2.58 bits per heavy atom. The van der Waals surface area contributed by atoms with Gasteiger partial charge in [-0.15, -0.1) is 0 Å². The number of nitrogens with zero attached hydrogens (tertiary/aromatic N) is 3. The van der Waals surface area contributed by atoms with Gasteiger partial charge in [0.1, 0.15) is 6.10 Å². The van der Waals surface area contributed by atoms with Crippen LogP contribution in [-0.4, -0.2) is 38.2 Å². The van der Waals surface area contributed by atoms with Crippen molar-refractivity contribution in [2.45, 2.75) is 64.5 Å². The van der Waals surface area contributed by atoms with Gasteiger partial charge in [0.25, 0.3) is 0 Å². The molecule has 1 aliphatic carbocycles. The molecule has 0 bridgehead atoms. The predicted molar refractivity (Wildman–Crippen MR) is 93.2 cm³/mol. The third-order valence-electron chi connectivity index (χ3n) is 4.79. The van der Waals surface area contributed by atoms with E-state index in [0.29, 0.717) is 12.8 Å². The van der Waals surface area contributed by atoms with Crippen LogP contribution in [-0.2, 0) is 11.2 Å². The summed E-state index contributed by atoms with van der Waals surface area (Å²) in [6.07, 6.45) is 6.67. The fourth-order valence-corrected chi connectivity index (χ4v) is 3.32. The van der Waals surface area contributed by atoms with Crippen molar-refractivity contribution in [1.82, 2.24) is 25.5 Å². The van der Waals surface area contributed by atoms with Gasteiger partial charge in [0.05, 0.1) is 18.1 Å². The summed E-state index contributed by atoms with van der Waals surface area (Å²) >= 11 is 0. The quantitative estimate of drug-likeness (QED) is 0.824. The first-order chi connectivity index (χ1) is 12.5. The van der Waals surface area contributed by atoms with Crippen molar-refractivity contribution in [2.75, 3.05) is 0 Å². The predicted octanol–water partition coefficient (Wildman–Crippen LogP) is 2.39. The highest BCUT2D eigenvalue weighted by Crippen LogP contribution is 2.22. The Labute approximate surface area is 151 Å². The molecule has 2 heterocycles. The van der Waals surface area contributed by atoms with Crippen molar-refractivity contribution < 1.29 is 13.9 Å². The number of aryl methyl sites for hydroxylation is 2. The monoisotopic (exact) mass is 361 g/mol. The number of amides is 1. The fraction of sp³-hybridized carbons (Fsp3) is 0.556. The zero-order chi connectivity index (χ0) is 18.5. The van der Waals surface area contributed by atoms with Gasteiger partial charge in [0, 0.05) is 18.2 Å². The van der Waals surface area contributed by atoms with Gasteiger partial charge in [-0.25, -0.2) is 14.4 Å². The van der Waals surface area contributed by atoms with Gasteiger partial charge in [-0.2, -0.15) is 5.10 Å². The molecule has 1 fully saturated rings. The molecule has 0 radical (unpaired) electrons. The molecule has 7 nitrogen and oxygen atoms in total. The van der Waals surface area contributed by atoms with Crippen LogP contribution in [0.5, 0.6) is 6.01 Å². The Morgan fingerprint density at radius 2 is 1.96 bits per heavy atom. The molecular formula is C18H24FN5O2. The third-order valence-corrected chi connectivity index (χ3v) is 4.79. The number of hydrogen-bond donors (Lipinski definition) is 2. The van der Waals surface area contributed by atoms with Crippen LogP contribution in [0.15, 0.2) is 12.4 Å². The van der Waals surface area contributed by atoms with Crippen LogP contribution < -0.4 is 10.1 Å². The largest absolute Gasteiger partial charge is 0.460 e. The lowest BCUT2D eigenvalue weighted by Crippen LogP contribution is -2.39. The highest BCUT2D eigenvalue weighted by molar-refractivity contribution is 5.76. The maximum Gasteiger partial charge on any atom is 0.316 e. The average molecular weight is 361 g/mol. The summed E-state index contributed by atoms with van der Waals surface area (Å²) in [4.78, 5) is 19.8. The van der Waals surface area contributed by atoms with Gasteiger partial charge in [-0.3, -0.25) is 9.89 Å². The van der Waals surface area contributed by atoms with E-state index in [1.165, 1.54) is 0 Å². The van der Waals surface area contributed by atoms with E-state index < -0.39 is 5.82 Å². The topological polar surface area (TPSA) is 92.8 Å². The Balaban J connectivity index is 1.39. The van der Waals surface area contributed by atoms with Crippen molar-refractivity contribution in [1.29, 1.82) is 0 Å². The van der Waals surface area contributed by atoms with Crippen molar-refractivity contribution >= 4 is 5.91 Å². The maximum absolute atomic E-state index is 12.8. The van der Waals surface area contributed by atoms with Gasteiger partial charge < -0.3 is 10.1 Å². The first-order valence-electron chi connectivity index (χ1n) is 8.95. The van der Waals surface area contributed by atoms with Crippen LogP contribution in [0.25, 0.3) is 0 Å². The van der Waals surface area contributed by atoms with Crippen LogP contribution in [0.2, 0.25) is 0 Å². The summed E-state index contributed by atoms with van der Waals surface area (Å²) in [6, 6.07) is 0.368. The number of halogens is 1. The molecule has 0 saturated heterocycles. The van der Waals surface area contributed by atoms with Crippen molar-refractivity contribution in [3.8, 4) is 6.01 Å². The molecule has 0 spiro atoms. The number of rotatable bonds is 6. The summed E-state index contributed by atoms with van der Waals surface area (Å²) in [6.45, 7) is 3.92. The number of aromatic amines is 1. The lowest BCUT2D eigenvalue weighted by Gasteiger charge is -2.28. The Bertz CT molecular complexity index is 719. The second-order valence-electron chi connectivity index (χ2n) is 6.76. The molecule has 3 rings (SSSR count). The molecule has 1 amide bonds. The molecule has 26 heavy (non-hydrogen) atoms. The van der Waals surface area contributed by atoms with Crippen LogP contribution in [0.4, 0.5) is 4.39 Å². The van der Waals surface area contributed by atoms with Gasteiger partial charge in [-0.1, -0.05) is 0 Å². The molecule has 2 N–H and O–H groups in total. The number of nitrogens with one attached hydrogen (secondary N) is 2. The number of H-pyrrole nitrogens is 1. The smallest absolute Gasteiger partial charge is 0.316 e. The van der Waals surface area contributed by atoms with Gasteiger partial charge in [-0.05, 0) is 51.5 Å². The van der Waals surface area contributed by atoms with Crippen LogP contribution >= 0.6 is 0 Å². The fourth-order valence-electron chi connectivity index (χ4n) is 3.32. The highest BCUT2D eigenvalue weighted by Gasteiger charge is 2.24. The van der Waals surface area contributed by atoms with E-state index in [0.717, 1.165) is 55.0 Å². The summed E-state index contributed by atoms with van der Waals surface area (Å²) < 4.78 is 18.5. The molecule has 1 saturated carbocycles. The van der Waals surface area contributed by atoms with Gasteiger partial charge in [0.2, 0.25) is 5.91 Å². The zero-order valence-electron chi connectivity index (χ0n) is 15.1. The van der Waals surface area contributed by atoms with E-state index in [1.54, 1.807) is 0 Å². The minimum absolute atomic E-state index is 0.00448. The molecule has 0 aliphatic heterocycles. The molecular weight excluding hydrogens is 337 g/mol. The van der Waals surface area contributed by atoms with E-state index in [4.69, 9.17) is 4.74 Å². The standard InChI is InChI=1S/C18H24FN5O2/c1-11-16(12(2)24-23-11)7-8-17(25)22-14-3-5-15(6-4-14)26-18-20-9-13(19)10-21-18/h9-10,14-15H,3-8H2,1-2H3,(H,22,25)(H,23,24).